The number of primary amides is 1. The number of aromatic nitrogens is 1. The summed E-state index contributed by atoms with van der Waals surface area (Å²) in [5.41, 5.74) is 11.8. The van der Waals surface area contributed by atoms with Crippen molar-refractivity contribution >= 4 is 23.4 Å². The van der Waals surface area contributed by atoms with Gasteiger partial charge in [-0.1, -0.05) is 0 Å². The summed E-state index contributed by atoms with van der Waals surface area (Å²) in [5.74, 6) is -0.506. The van der Waals surface area contributed by atoms with Gasteiger partial charge in [0.2, 0.25) is 5.91 Å². The highest BCUT2D eigenvalue weighted by molar-refractivity contribution is 7.99. The Balaban J connectivity index is 2.38. The summed E-state index contributed by atoms with van der Waals surface area (Å²) in [4.78, 5) is 15.8. The quantitative estimate of drug-likeness (QED) is 0.786. The van der Waals surface area contributed by atoms with Crippen molar-refractivity contribution in [1.82, 2.24) is 4.98 Å². The Hall–Kier alpha value is -1.95. The zero-order valence-corrected chi connectivity index (χ0v) is 9.03. The van der Waals surface area contributed by atoms with Crippen LogP contribution in [0.1, 0.15) is 10.4 Å². The highest BCUT2D eigenvalue weighted by atomic mass is 32.2. The topological polar surface area (TPSA) is 95.1 Å². The first-order valence-corrected chi connectivity index (χ1v) is 5.25. The Morgan fingerprint density at radius 2 is 2.25 bits per heavy atom. The summed E-state index contributed by atoms with van der Waals surface area (Å²) in [6.07, 6.45) is 2.98. The van der Waals surface area contributed by atoms with Gasteiger partial charge in [-0.25, -0.2) is 4.98 Å². The molecule has 0 spiro atoms. The van der Waals surface area contributed by atoms with Crippen LogP contribution in [0.4, 0.5) is 5.69 Å². The second-order valence-corrected chi connectivity index (χ2v) is 4.01. The van der Waals surface area contributed by atoms with Crippen LogP contribution in [0.15, 0.2) is 45.2 Å². The van der Waals surface area contributed by atoms with Gasteiger partial charge in [0.1, 0.15) is 6.26 Å². The third-order valence-electron chi connectivity index (χ3n) is 1.88. The molecule has 6 heteroatoms. The first-order valence-electron chi connectivity index (χ1n) is 4.43. The molecular weight excluding hydrogens is 226 g/mol. The highest BCUT2D eigenvalue weighted by Crippen LogP contribution is 2.30. The second-order valence-electron chi connectivity index (χ2n) is 3.02. The van der Waals surface area contributed by atoms with Gasteiger partial charge in [0.25, 0.3) is 5.22 Å². The summed E-state index contributed by atoms with van der Waals surface area (Å²) >= 11 is 1.20. The predicted molar refractivity (Wildman–Crippen MR) is 60.0 cm³/mol. The van der Waals surface area contributed by atoms with Crippen LogP contribution in [0.3, 0.4) is 0 Å². The van der Waals surface area contributed by atoms with Gasteiger partial charge in [0.05, 0.1) is 11.8 Å². The zero-order valence-electron chi connectivity index (χ0n) is 8.21. The molecule has 16 heavy (non-hydrogen) atoms. The molecular formula is C10H9N3O2S. The summed E-state index contributed by atoms with van der Waals surface area (Å²) in [5, 5.41) is 0.438. The van der Waals surface area contributed by atoms with E-state index in [1.165, 1.54) is 24.2 Å². The molecule has 2 rings (SSSR count). The largest absolute Gasteiger partial charge is 0.440 e. The van der Waals surface area contributed by atoms with Crippen molar-refractivity contribution < 1.29 is 9.21 Å². The van der Waals surface area contributed by atoms with Crippen molar-refractivity contribution in [3.63, 3.8) is 0 Å². The van der Waals surface area contributed by atoms with Gasteiger partial charge in [-0.3, -0.25) is 4.79 Å². The van der Waals surface area contributed by atoms with Crippen LogP contribution < -0.4 is 11.5 Å². The molecule has 0 saturated heterocycles. The van der Waals surface area contributed by atoms with E-state index in [0.717, 1.165) is 0 Å². The molecule has 1 aromatic carbocycles. The van der Waals surface area contributed by atoms with E-state index in [-0.39, 0.29) is 0 Å². The monoisotopic (exact) mass is 235 g/mol. The normalized spacial score (nSPS) is 10.2. The number of anilines is 1. The zero-order chi connectivity index (χ0) is 11.5. The van der Waals surface area contributed by atoms with E-state index < -0.39 is 5.91 Å². The lowest BCUT2D eigenvalue weighted by atomic mass is 10.2. The first-order chi connectivity index (χ1) is 7.66. The molecule has 5 nitrogen and oxygen atoms in total. The number of nitrogens with zero attached hydrogens (tertiary/aromatic N) is 1. The standard InChI is InChI=1S/C10H9N3O2S/c11-6-1-2-7(9(12)14)8(5-6)16-10-13-3-4-15-10/h1-5H,11H2,(H2,12,14). The van der Waals surface area contributed by atoms with Crippen LogP contribution in [0.2, 0.25) is 0 Å². The van der Waals surface area contributed by atoms with E-state index >= 15 is 0 Å². The van der Waals surface area contributed by atoms with Crippen LogP contribution in [0.25, 0.3) is 0 Å². The van der Waals surface area contributed by atoms with Gasteiger partial charge in [0.15, 0.2) is 0 Å². The highest BCUT2D eigenvalue weighted by Gasteiger charge is 2.11. The van der Waals surface area contributed by atoms with E-state index in [1.807, 2.05) is 0 Å². The van der Waals surface area contributed by atoms with Crippen molar-refractivity contribution in [1.29, 1.82) is 0 Å². The molecule has 0 atom stereocenters. The lowest BCUT2D eigenvalue weighted by Gasteiger charge is -2.04. The molecule has 0 bridgehead atoms. The molecule has 0 aliphatic rings. The summed E-state index contributed by atoms with van der Waals surface area (Å²) in [6.45, 7) is 0. The Morgan fingerprint density at radius 1 is 1.44 bits per heavy atom. The van der Waals surface area contributed by atoms with E-state index in [0.29, 0.717) is 21.4 Å². The summed E-state index contributed by atoms with van der Waals surface area (Å²) in [7, 11) is 0. The van der Waals surface area contributed by atoms with Gasteiger partial charge < -0.3 is 15.9 Å². The smallest absolute Gasteiger partial charge is 0.260 e. The number of rotatable bonds is 3. The fraction of sp³-hybridized carbons (Fsp3) is 0. The number of amides is 1. The predicted octanol–water partition coefficient (Wildman–Crippen LogP) is 1.51. The van der Waals surface area contributed by atoms with Gasteiger partial charge in [0, 0.05) is 10.6 Å². The second kappa shape index (κ2) is 4.28. The third-order valence-corrected chi connectivity index (χ3v) is 2.81. The van der Waals surface area contributed by atoms with Crippen LogP contribution >= 0.6 is 11.8 Å². The minimum absolute atomic E-state index is 0.400. The van der Waals surface area contributed by atoms with E-state index in [9.17, 15) is 4.79 Å². The van der Waals surface area contributed by atoms with Gasteiger partial charge in [-0.2, -0.15) is 0 Å². The maximum Gasteiger partial charge on any atom is 0.260 e. The van der Waals surface area contributed by atoms with Crippen LogP contribution in [0.5, 0.6) is 0 Å². The number of nitrogen functional groups attached to an aromatic ring is 1. The first kappa shape index (κ1) is 10.6. The number of hydrogen-bond donors (Lipinski definition) is 2. The number of oxazole rings is 1. The molecule has 0 radical (unpaired) electrons. The number of carbonyl (C=O) groups excluding carboxylic acids is 1. The fourth-order valence-electron chi connectivity index (χ4n) is 1.18. The molecule has 1 aromatic heterocycles. The number of benzene rings is 1. The van der Waals surface area contributed by atoms with Crippen LogP contribution in [-0.2, 0) is 0 Å². The fourth-order valence-corrected chi connectivity index (χ4v) is 2.06. The van der Waals surface area contributed by atoms with Crippen molar-refractivity contribution in [2.24, 2.45) is 5.73 Å². The molecule has 82 valence electrons. The molecule has 0 aliphatic heterocycles. The Bertz CT molecular complexity index is 511. The molecule has 2 aromatic rings. The summed E-state index contributed by atoms with van der Waals surface area (Å²) in [6, 6.07) is 4.87. The van der Waals surface area contributed by atoms with E-state index in [1.54, 1.807) is 18.2 Å². The SMILES string of the molecule is NC(=O)c1ccc(N)cc1Sc1ncco1. The maximum absolute atomic E-state index is 11.2. The van der Waals surface area contributed by atoms with E-state index in [2.05, 4.69) is 4.98 Å². The average Bonchev–Trinajstić information content (AvgIpc) is 2.70. The minimum Gasteiger partial charge on any atom is -0.440 e. The maximum atomic E-state index is 11.2. The molecule has 0 saturated carbocycles. The molecule has 1 heterocycles. The lowest BCUT2D eigenvalue weighted by molar-refractivity contribution is 0.0997. The molecule has 0 fully saturated rings. The summed E-state index contributed by atoms with van der Waals surface area (Å²) < 4.78 is 5.07. The molecule has 4 N–H and O–H groups in total. The van der Waals surface area contributed by atoms with Crippen LogP contribution in [-0.4, -0.2) is 10.9 Å². The number of carbonyl (C=O) groups is 1. The van der Waals surface area contributed by atoms with Crippen molar-refractivity contribution in [3.8, 4) is 0 Å². The van der Waals surface area contributed by atoms with Crippen molar-refractivity contribution in [2.75, 3.05) is 5.73 Å². The Labute approximate surface area is 95.8 Å². The molecule has 1 amide bonds. The number of nitrogens with two attached hydrogens (primary N) is 2. The van der Waals surface area contributed by atoms with E-state index in [4.69, 9.17) is 15.9 Å². The number of hydrogen-bond acceptors (Lipinski definition) is 5. The van der Waals surface area contributed by atoms with Crippen LogP contribution in [0, 0.1) is 0 Å². The average molecular weight is 235 g/mol. The van der Waals surface area contributed by atoms with Gasteiger partial charge in [-0.15, -0.1) is 0 Å². The van der Waals surface area contributed by atoms with Crippen molar-refractivity contribution in [2.45, 2.75) is 10.1 Å². The Kier molecular flexibility index (Phi) is 2.82. The van der Waals surface area contributed by atoms with Gasteiger partial charge in [-0.05, 0) is 30.0 Å². The van der Waals surface area contributed by atoms with Gasteiger partial charge >= 0.3 is 0 Å². The minimum atomic E-state index is -0.506. The van der Waals surface area contributed by atoms with Crippen molar-refractivity contribution in [3.05, 3.63) is 36.2 Å². The third kappa shape index (κ3) is 2.17. The lowest BCUT2D eigenvalue weighted by Crippen LogP contribution is -2.12. The molecule has 0 unspecified atom stereocenters. The Morgan fingerprint density at radius 3 is 2.88 bits per heavy atom. The molecule has 0 aliphatic carbocycles.